The molecular weight excluding hydrogens is 334 g/mol. The number of amides is 2. The Hall–Kier alpha value is -2.00. The van der Waals surface area contributed by atoms with E-state index in [2.05, 4.69) is 5.32 Å². The second-order valence-corrected chi connectivity index (χ2v) is 7.15. The third-order valence-electron chi connectivity index (χ3n) is 3.84. The summed E-state index contributed by atoms with van der Waals surface area (Å²) in [6, 6.07) is 4.49. The van der Waals surface area contributed by atoms with Gasteiger partial charge in [0.1, 0.15) is 16.4 Å². The minimum atomic E-state index is -3.73. The smallest absolute Gasteiger partial charge is 0.317 e. The number of nitrogens with one attached hydrogen (secondary N) is 1. The van der Waals surface area contributed by atoms with Crippen LogP contribution in [0, 0.1) is 0 Å². The van der Waals surface area contributed by atoms with Gasteiger partial charge >= 0.3 is 6.03 Å². The van der Waals surface area contributed by atoms with E-state index in [0.717, 1.165) is 0 Å². The van der Waals surface area contributed by atoms with Crippen molar-refractivity contribution < 1.29 is 22.7 Å². The van der Waals surface area contributed by atoms with Crippen molar-refractivity contribution in [3.63, 3.8) is 0 Å². The molecule has 1 fully saturated rings. The molecule has 1 aliphatic rings. The molecule has 134 valence electrons. The van der Waals surface area contributed by atoms with Crippen molar-refractivity contribution in [2.75, 3.05) is 46.9 Å². The van der Waals surface area contributed by atoms with Gasteiger partial charge in [0, 0.05) is 38.8 Å². The van der Waals surface area contributed by atoms with Crippen LogP contribution in [0.3, 0.4) is 0 Å². The lowest BCUT2D eigenvalue weighted by Crippen LogP contribution is -2.53. The van der Waals surface area contributed by atoms with E-state index < -0.39 is 10.0 Å². The van der Waals surface area contributed by atoms with E-state index in [4.69, 9.17) is 9.47 Å². The highest BCUT2D eigenvalue weighted by atomic mass is 32.2. The lowest BCUT2D eigenvalue weighted by atomic mass is 10.3. The van der Waals surface area contributed by atoms with Gasteiger partial charge in [-0.15, -0.1) is 0 Å². The third kappa shape index (κ3) is 3.73. The molecule has 0 unspecified atom stereocenters. The van der Waals surface area contributed by atoms with Crippen LogP contribution in [0.25, 0.3) is 0 Å². The molecule has 1 aromatic rings. The van der Waals surface area contributed by atoms with Gasteiger partial charge in [0.15, 0.2) is 0 Å². The van der Waals surface area contributed by atoms with Crippen LogP contribution < -0.4 is 14.8 Å². The van der Waals surface area contributed by atoms with Crippen molar-refractivity contribution in [2.45, 2.75) is 11.8 Å². The Morgan fingerprint density at radius 2 is 1.83 bits per heavy atom. The van der Waals surface area contributed by atoms with Crippen LogP contribution in [0.2, 0.25) is 0 Å². The van der Waals surface area contributed by atoms with Crippen LogP contribution in [-0.4, -0.2) is 70.6 Å². The Morgan fingerprint density at radius 3 is 2.38 bits per heavy atom. The predicted molar refractivity (Wildman–Crippen MR) is 89.0 cm³/mol. The second kappa shape index (κ2) is 7.71. The number of rotatable bonds is 5. The SMILES string of the molecule is CCNC(=O)N1CCN(S(=O)(=O)c2cc(OC)ccc2OC)CC1. The van der Waals surface area contributed by atoms with Crippen molar-refractivity contribution in [1.29, 1.82) is 0 Å². The standard InChI is InChI=1S/C15H23N3O5S/c1-4-16-15(19)17-7-9-18(10-8-17)24(20,21)14-11-12(22-2)5-6-13(14)23-3/h5-6,11H,4,7-10H2,1-3H3,(H,16,19). The summed E-state index contributed by atoms with van der Waals surface area (Å²) in [7, 11) is -0.829. The molecule has 2 rings (SSSR count). The molecule has 1 aromatic carbocycles. The number of hydrogen-bond donors (Lipinski definition) is 1. The van der Waals surface area contributed by atoms with E-state index in [9.17, 15) is 13.2 Å². The molecule has 0 atom stereocenters. The van der Waals surface area contributed by atoms with E-state index in [0.29, 0.717) is 25.4 Å². The second-order valence-electron chi connectivity index (χ2n) is 5.24. The van der Waals surface area contributed by atoms with Crippen molar-refractivity contribution in [1.82, 2.24) is 14.5 Å². The van der Waals surface area contributed by atoms with E-state index >= 15 is 0 Å². The van der Waals surface area contributed by atoms with E-state index in [-0.39, 0.29) is 29.8 Å². The van der Waals surface area contributed by atoms with Gasteiger partial charge in [-0.05, 0) is 19.1 Å². The Labute approximate surface area is 142 Å². The molecule has 8 nitrogen and oxygen atoms in total. The number of carbonyl (C=O) groups excluding carboxylic acids is 1. The molecule has 0 saturated carbocycles. The molecule has 2 amide bonds. The van der Waals surface area contributed by atoms with Gasteiger partial charge in [-0.3, -0.25) is 0 Å². The predicted octanol–water partition coefficient (Wildman–Crippen LogP) is 0.740. The Bertz CT molecular complexity index is 684. The highest BCUT2D eigenvalue weighted by Gasteiger charge is 2.32. The highest BCUT2D eigenvalue weighted by molar-refractivity contribution is 7.89. The number of piperazine rings is 1. The number of urea groups is 1. The minimum Gasteiger partial charge on any atom is -0.497 e. The minimum absolute atomic E-state index is 0.0656. The summed E-state index contributed by atoms with van der Waals surface area (Å²) >= 11 is 0. The molecule has 0 aromatic heterocycles. The van der Waals surface area contributed by atoms with Crippen LogP contribution in [0.15, 0.2) is 23.1 Å². The Morgan fingerprint density at radius 1 is 1.17 bits per heavy atom. The maximum Gasteiger partial charge on any atom is 0.317 e. The zero-order valence-corrected chi connectivity index (χ0v) is 14.9. The van der Waals surface area contributed by atoms with Crippen LogP contribution in [0.4, 0.5) is 4.79 Å². The maximum atomic E-state index is 12.9. The van der Waals surface area contributed by atoms with Gasteiger partial charge in [-0.2, -0.15) is 4.31 Å². The van der Waals surface area contributed by atoms with Crippen molar-refractivity contribution >= 4 is 16.1 Å². The number of methoxy groups -OCH3 is 2. The van der Waals surface area contributed by atoms with Crippen LogP contribution in [0.5, 0.6) is 11.5 Å². The molecule has 1 heterocycles. The van der Waals surface area contributed by atoms with Crippen LogP contribution >= 0.6 is 0 Å². The molecule has 24 heavy (non-hydrogen) atoms. The molecule has 0 radical (unpaired) electrons. The summed E-state index contributed by atoms with van der Waals surface area (Å²) in [6.07, 6.45) is 0. The molecule has 1 aliphatic heterocycles. The third-order valence-corrected chi connectivity index (χ3v) is 5.76. The van der Waals surface area contributed by atoms with Gasteiger partial charge in [0.25, 0.3) is 0 Å². The fourth-order valence-electron chi connectivity index (χ4n) is 2.52. The maximum absolute atomic E-state index is 12.9. The number of ether oxygens (including phenoxy) is 2. The van der Waals surface area contributed by atoms with Crippen LogP contribution in [-0.2, 0) is 10.0 Å². The quantitative estimate of drug-likeness (QED) is 0.840. The summed E-state index contributed by atoms with van der Waals surface area (Å²) < 4.78 is 37.5. The van der Waals surface area contributed by atoms with E-state index in [1.807, 2.05) is 6.92 Å². The number of sulfonamides is 1. The Balaban J connectivity index is 2.19. The molecule has 1 N–H and O–H groups in total. The number of nitrogens with zero attached hydrogens (tertiary/aromatic N) is 2. The number of hydrogen-bond acceptors (Lipinski definition) is 5. The van der Waals surface area contributed by atoms with Gasteiger partial charge in [-0.25, -0.2) is 13.2 Å². The summed E-state index contributed by atoms with van der Waals surface area (Å²) in [4.78, 5) is 13.5. The highest BCUT2D eigenvalue weighted by Crippen LogP contribution is 2.31. The Kier molecular flexibility index (Phi) is 5.89. The van der Waals surface area contributed by atoms with Gasteiger partial charge in [-0.1, -0.05) is 0 Å². The zero-order chi connectivity index (χ0) is 17.7. The molecule has 1 saturated heterocycles. The lowest BCUT2D eigenvalue weighted by Gasteiger charge is -2.34. The average molecular weight is 357 g/mol. The summed E-state index contributed by atoms with van der Waals surface area (Å²) in [5.74, 6) is 0.706. The van der Waals surface area contributed by atoms with E-state index in [1.165, 1.54) is 24.6 Å². The first-order valence-corrected chi connectivity index (χ1v) is 9.13. The van der Waals surface area contributed by atoms with Crippen LogP contribution in [0.1, 0.15) is 6.92 Å². The zero-order valence-electron chi connectivity index (χ0n) is 14.1. The monoisotopic (exact) mass is 357 g/mol. The van der Waals surface area contributed by atoms with Crippen molar-refractivity contribution in [2.24, 2.45) is 0 Å². The number of benzene rings is 1. The fourth-order valence-corrected chi connectivity index (χ4v) is 4.11. The van der Waals surface area contributed by atoms with Crippen molar-refractivity contribution in [3.05, 3.63) is 18.2 Å². The largest absolute Gasteiger partial charge is 0.497 e. The summed E-state index contributed by atoms with van der Waals surface area (Å²) in [5.41, 5.74) is 0. The number of carbonyl (C=O) groups is 1. The molecule has 0 bridgehead atoms. The summed E-state index contributed by atoms with van der Waals surface area (Å²) in [6.45, 7) is 3.54. The molecular formula is C15H23N3O5S. The summed E-state index contributed by atoms with van der Waals surface area (Å²) in [5, 5.41) is 2.72. The van der Waals surface area contributed by atoms with Gasteiger partial charge in [0.05, 0.1) is 14.2 Å². The van der Waals surface area contributed by atoms with Gasteiger partial charge < -0.3 is 19.7 Å². The fraction of sp³-hybridized carbons (Fsp3) is 0.533. The molecule has 0 spiro atoms. The normalized spacial score (nSPS) is 15.9. The lowest BCUT2D eigenvalue weighted by molar-refractivity contribution is 0.172. The van der Waals surface area contributed by atoms with Crippen molar-refractivity contribution in [3.8, 4) is 11.5 Å². The molecule has 9 heteroatoms. The van der Waals surface area contributed by atoms with E-state index in [1.54, 1.807) is 17.0 Å². The topological polar surface area (TPSA) is 88.2 Å². The molecule has 0 aliphatic carbocycles. The first-order chi connectivity index (χ1) is 11.4. The van der Waals surface area contributed by atoms with Gasteiger partial charge in [0.2, 0.25) is 10.0 Å². The average Bonchev–Trinajstić information content (AvgIpc) is 2.61. The first kappa shape index (κ1) is 18.3. The first-order valence-electron chi connectivity index (χ1n) is 7.69.